The fourth-order valence-corrected chi connectivity index (χ4v) is 0.750. The molecule has 1 heterocycles. The molecule has 3 nitrogen and oxygen atoms in total. The topological polar surface area (TPSA) is 41.1 Å². The van der Waals surface area contributed by atoms with Gasteiger partial charge in [-0.05, 0) is 6.42 Å². The first-order valence-corrected chi connectivity index (χ1v) is 2.87. The van der Waals surface area contributed by atoms with E-state index in [9.17, 15) is 4.79 Å². The molecule has 1 atom stereocenters. The van der Waals surface area contributed by atoms with Crippen LogP contribution in [0.1, 0.15) is 13.3 Å². The lowest BCUT2D eigenvalue weighted by Gasteiger charge is -2.00. The second-order valence-electron chi connectivity index (χ2n) is 1.96. The van der Waals surface area contributed by atoms with Crippen LogP contribution in [0.15, 0.2) is 0 Å². The average Bonchev–Trinajstić information content (AvgIpc) is 2.14. The number of carbonyl (C=O) groups excluding carboxylic acids is 1. The molecule has 0 saturated carbocycles. The first kappa shape index (κ1) is 5.41. The Kier molecular flexibility index (Phi) is 1.37. The van der Waals surface area contributed by atoms with E-state index in [2.05, 4.69) is 17.6 Å². The molecular formula is C5H10N2O. The standard InChI is InChI=1S/C5H10N2O/c1-2-4-3-6-5(8)7-4/h4H,2-3H2,1H3,(H2,6,7,8). The fraction of sp³-hybridized carbons (Fsp3) is 0.800. The zero-order valence-corrected chi connectivity index (χ0v) is 4.90. The molecule has 46 valence electrons. The van der Waals surface area contributed by atoms with Gasteiger partial charge in [0.05, 0.1) is 0 Å². The third-order valence-electron chi connectivity index (χ3n) is 1.34. The zero-order chi connectivity index (χ0) is 5.98. The molecule has 0 spiro atoms. The smallest absolute Gasteiger partial charge is 0.315 e. The monoisotopic (exact) mass is 114 g/mol. The highest BCUT2D eigenvalue weighted by molar-refractivity contribution is 5.76. The highest BCUT2D eigenvalue weighted by Crippen LogP contribution is 1.93. The van der Waals surface area contributed by atoms with Crippen molar-refractivity contribution in [2.45, 2.75) is 19.4 Å². The van der Waals surface area contributed by atoms with Crippen LogP contribution in [0.25, 0.3) is 0 Å². The van der Waals surface area contributed by atoms with Gasteiger partial charge in [0.25, 0.3) is 0 Å². The number of hydrogen-bond donors (Lipinski definition) is 2. The van der Waals surface area contributed by atoms with Crippen molar-refractivity contribution in [1.82, 2.24) is 10.6 Å². The summed E-state index contributed by atoms with van der Waals surface area (Å²) in [6.07, 6.45) is 1.01. The van der Waals surface area contributed by atoms with Crippen molar-refractivity contribution >= 4 is 6.03 Å². The number of urea groups is 1. The Bertz CT molecular complexity index is 103. The van der Waals surface area contributed by atoms with Crippen molar-refractivity contribution in [3.8, 4) is 0 Å². The number of nitrogens with one attached hydrogen (secondary N) is 2. The minimum atomic E-state index is -0.0307. The average molecular weight is 114 g/mol. The predicted molar refractivity (Wildman–Crippen MR) is 30.6 cm³/mol. The van der Waals surface area contributed by atoms with Crippen LogP contribution < -0.4 is 10.6 Å². The van der Waals surface area contributed by atoms with Crippen LogP contribution in [0.5, 0.6) is 0 Å². The SMILES string of the molecule is CCC1CNC(=O)N1. The van der Waals surface area contributed by atoms with E-state index in [0.29, 0.717) is 6.04 Å². The first-order chi connectivity index (χ1) is 3.83. The van der Waals surface area contributed by atoms with Crippen molar-refractivity contribution in [1.29, 1.82) is 0 Å². The maximum atomic E-state index is 10.4. The number of hydrogen-bond acceptors (Lipinski definition) is 1. The Labute approximate surface area is 48.5 Å². The van der Waals surface area contributed by atoms with Gasteiger partial charge >= 0.3 is 6.03 Å². The van der Waals surface area contributed by atoms with E-state index in [1.807, 2.05) is 0 Å². The van der Waals surface area contributed by atoms with Gasteiger partial charge in [-0.1, -0.05) is 6.92 Å². The lowest BCUT2D eigenvalue weighted by atomic mass is 10.2. The molecular weight excluding hydrogens is 104 g/mol. The molecule has 0 aromatic carbocycles. The van der Waals surface area contributed by atoms with E-state index in [-0.39, 0.29) is 6.03 Å². The lowest BCUT2D eigenvalue weighted by molar-refractivity contribution is 0.247. The van der Waals surface area contributed by atoms with Crippen molar-refractivity contribution < 1.29 is 4.79 Å². The molecule has 1 unspecified atom stereocenters. The molecule has 0 aromatic heterocycles. The molecule has 2 amide bonds. The molecule has 1 aliphatic heterocycles. The molecule has 0 bridgehead atoms. The van der Waals surface area contributed by atoms with Gasteiger partial charge in [0.1, 0.15) is 0 Å². The minimum Gasteiger partial charge on any atom is -0.336 e. The van der Waals surface area contributed by atoms with E-state index >= 15 is 0 Å². The molecule has 1 fully saturated rings. The van der Waals surface area contributed by atoms with Gasteiger partial charge in [-0.3, -0.25) is 0 Å². The van der Waals surface area contributed by atoms with E-state index in [1.54, 1.807) is 0 Å². The van der Waals surface area contributed by atoms with Crippen LogP contribution >= 0.6 is 0 Å². The summed E-state index contributed by atoms with van der Waals surface area (Å²) in [5.74, 6) is 0. The van der Waals surface area contributed by atoms with Crippen molar-refractivity contribution in [3.63, 3.8) is 0 Å². The van der Waals surface area contributed by atoms with Crippen LogP contribution in [-0.4, -0.2) is 18.6 Å². The quantitative estimate of drug-likeness (QED) is 0.498. The Morgan fingerprint density at radius 3 is 2.88 bits per heavy atom. The van der Waals surface area contributed by atoms with Crippen LogP contribution in [0, 0.1) is 0 Å². The first-order valence-electron chi connectivity index (χ1n) is 2.87. The van der Waals surface area contributed by atoms with E-state index in [0.717, 1.165) is 13.0 Å². The van der Waals surface area contributed by atoms with Gasteiger partial charge in [0.15, 0.2) is 0 Å². The predicted octanol–water partition coefficient (Wildman–Crippen LogP) is 0.0778. The number of amides is 2. The maximum absolute atomic E-state index is 10.4. The second-order valence-corrected chi connectivity index (χ2v) is 1.96. The molecule has 0 aliphatic carbocycles. The Hall–Kier alpha value is -0.730. The summed E-state index contributed by atoms with van der Waals surface area (Å²) in [5, 5.41) is 5.42. The van der Waals surface area contributed by atoms with Gasteiger partial charge in [-0.25, -0.2) is 4.79 Å². The van der Waals surface area contributed by atoms with Gasteiger partial charge in [-0.15, -0.1) is 0 Å². The van der Waals surface area contributed by atoms with Gasteiger partial charge in [-0.2, -0.15) is 0 Å². The summed E-state index contributed by atoms with van der Waals surface area (Å²) in [4.78, 5) is 10.4. The van der Waals surface area contributed by atoms with Crippen LogP contribution in [0.2, 0.25) is 0 Å². The third-order valence-corrected chi connectivity index (χ3v) is 1.34. The van der Waals surface area contributed by atoms with Crippen LogP contribution in [0.3, 0.4) is 0 Å². The molecule has 0 radical (unpaired) electrons. The van der Waals surface area contributed by atoms with Crippen molar-refractivity contribution in [2.24, 2.45) is 0 Å². The normalized spacial score (nSPS) is 27.1. The molecule has 0 aromatic rings. The zero-order valence-electron chi connectivity index (χ0n) is 4.90. The van der Waals surface area contributed by atoms with Gasteiger partial charge in [0.2, 0.25) is 0 Å². The van der Waals surface area contributed by atoms with Crippen molar-refractivity contribution in [2.75, 3.05) is 6.54 Å². The summed E-state index contributed by atoms with van der Waals surface area (Å²) < 4.78 is 0. The van der Waals surface area contributed by atoms with Gasteiger partial charge < -0.3 is 10.6 Å². The van der Waals surface area contributed by atoms with E-state index < -0.39 is 0 Å². The summed E-state index contributed by atoms with van der Waals surface area (Å²) in [7, 11) is 0. The maximum Gasteiger partial charge on any atom is 0.315 e. The Balaban J connectivity index is 2.32. The summed E-state index contributed by atoms with van der Waals surface area (Å²) in [5.41, 5.74) is 0. The van der Waals surface area contributed by atoms with Crippen LogP contribution in [0.4, 0.5) is 4.79 Å². The van der Waals surface area contributed by atoms with E-state index in [4.69, 9.17) is 0 Å². The largest absolute Gasteiger partial charge is 0.336 e. The Morgan fingerprint density at radius 2 is 2.62 bits per heavy atom. The number of rotatable bonds is 1. The van der Waals surface area contributed by atoms with Crippen LogP contribution in [-0.2, 0) is 0 Å². The van der Waals surface area contributed by atoms with Crippen molar-refractivity contribution in [3.05, 3.63) is 0 Å². The highest BCUT2D eigenvalue weighted by Gasteiger charge is 2.16. The molecule has 1 rings (SSSR count). The molecule has 8 heavy (non-hydrogen) atoms. The number of carbonyl (C=O) groups is 1. The lowest BCUT2D eigenvalue weighted by Crippen LogP contribution is -2.25. The van der Waals surface area contributed by atoms with E-state index in [1.165, 1.54) is 0 Å². The van der Waals surface area contributed by atoms with Gasteiger partial charge in [0, 0.05) is 12.6 Å². The third kappa shape index (κ3) is 0.911. The fourth-order valence-electron chi connectivity index (χ4n) is 0.750. The molecule has 1 aliphatic rings. The highest BCUT2D eigenvalue weighted by atomic mass is 16.2. The second kappa shape index (κ2) is 2.03. The summed E-state index contributed by atoms with van der Waals surface area (Å²) in [6.45, 7) is 2.84. The molecule has 3 heteroatoms. The Morgan fingerprint density at radius 1 is 1.88 bits per heavy atom. The molecule has 1 saturated heterocycles. The summed E-state index contributed by atoms with van der Waals surface area (Å²) in [6, 6.07) is 0.333. The summed E-state index contributed by atoms with van der Waals surface area (Å²) >= 11 is 0. The molecule has 2 N–H and O–H groups in total. The minimum absolute atomic E-state index is 0.0307.